The minimum atomic E-state index is -1.33. The van der Waals surface area contributed by atoms with Crippen molar-refractivity contribution in [2.75, 3.05) is 6.61 Å². The van der Waals surface area contributed by atoms with Crippen LogP contribution in [-0.2, 0) is 38.1 Å². The fraction of sp³-hybridized carbons (Fsp3) is 0.682. The van der Waals surface area contributed by atoms with E-state index < -0.39 is 58.8 Å². The second-order valence-corrected chi connectivity index (χ2v) is 9.56. The van der Waals surface area contributed by atoms with Crippen molar-refractivity contribution in [1.29, 1.82) is 0 Å². The summed E-state index contributed by atoms with van der Waals surface area (Å²) in [6.45, 7) is 10.3. The lowest BCUT2D eigenvalue weighted by Gasteiger charge is -2.36. The highest BCUT2D eigenvalue weighted by molar-refractivity contribution is 5.92. The molecule has 3 saturated heterocycles. The molecule has 0 radical (unpaired) electrons. The van der Waals surface area contributed by atoms with Crippen molar-refractivity contribution >= 4 is 17.9 Å². The highest BCUT2D eigenvalue weighted by Gasteiger charge is 2.93. The zero-order valence-corrected chi connectivity index (χ0v) is 17.9. The standard InChI is InChI=1S/C22H26O9/c1-9(6-7-27-11(3)23)18(24)28-12-8-20(4,26)22-15(14-13(12)10(2)19(25)29-14)21(5)16(30-21)17(22)31-22/h6,12-17,26H,2,7-8H2,1,3-5H3/b9-6-/t12-,13-,14+,15+,16-,17+,20-,21+,22-/m1/s1. The molecule has 0 aromatic carbocycles. The summed E-state index contributed by atoms with van der Waals surface area (Å²) in [4.78, 5) is 36.1. The van der Waals surface area contributed by atoms with E-state index in [1.807, 2.05) is 6.92 Å². The van der Waals surface area contributed by atoms with Gasteiger partial charge in [0.05, 0.1) is 17.4 Å². The Labute approximate surface area is 179 Å². The Morgan fingerprint density at radius 3 is 2.65 bits per heavy atom. The molecule has 9 nitrogen and oxygen atoms in total. The van der Waals surface area contributed by atoms with Crippen molar-refractivity contribution in [3.63, 3.8) is 0 Å². The molecule has 3 aliphatic heterocycles. The van der Waals surface area contributed by atoms with Crippen LogP contribution >= 0.6 is 0 Å². The second-order valence-electron chi connectivity index (χ2n) is 9.56. The topological polar surface area (TPSA) is 124 Å². The fourth-order valence-corrected chi connectivity index (χ4v) is 6.04. The molecule has 5 fully saturated rings. The van der Waals surface area contributed by atoms with Crippen LogP contribution in [0, 0.1) is 11.8 Å². The van der Waals surface area contributed by atoms with E-state index in [-0.39, 0.29) is 36.4 Å². The SMILES string of the molecule is C=C1C(=O)O[C@H]2[C@H]1[C@H](OC(=O)/C(C)=C\COC(C)=O)C[C@@](C)(O)[C@]13O[C@H]1[C@H]1O[C@@]1(C)[C@H]23. The number of aliphatic hydroxyl groups is 1. The molecule has 2 saturated carbocycles. The number of epoxide rings is 2. The molecule has 0 bridgehead atoms. The van der Waals surface area contributed by atoms with Crippen LogP contribution in [0.1, 0.15) is 34.1 Å². The number of esters is 3. The third kappa shape index (κ3) is 2.63. The Balaban J connectivity index is 1.45. The zero-order chi connectivity index (χ0) is 22.5. The van der Waals surface area contributed by atoms with Gasteiger partial charge in [-0.05, 0) is 26.8 Å². The summed E-state index contributed by atoms with van der Waals surface area (Å²) in [5, 5.41) is 11.5. The van der Waals surface area contributed by atoms with E-state index in [0.717, 1.165) is 0 Å². The smallest absolute Gasteiger partial charge is 0.334 e. The van der Waals surface area contributed by atoms with Crippen molar-refractivity contribution in [3.05, 3.63) is 23.8 Å². The Morgan fingerprint density at radius 2 is 1.97 bits per heavy atom. The van der Waals surface area contributed by atoms with Crippen molar-refractivity contribution in [1.82, 2.24) is 0 Å². The average molecular weight is 434 g/mol. The van der Waals surface area contributed by atoms with Crippen molar-refractivity contribution in [2.24, 2.45) is 11.8 Å². The van der Waals surface area contributed by atoms with Gasteiger partial charge in [0.25, 0.3) is 0 Å². The van der Waals surface area contributed by atoms with E-state index in [4.69, 9.17) is 23.7 Å². The summed E-state index contributed by atoms with van der Waals surface area (Å²) in [5.74, 6) is -2.67. The normalized spacial score (nSPS) is 49.1. The number of fused-ring (bicyclic) bond motifs is 5. The van der Waals surface area contributed by atoms with E-state index in [1.165, 1.54) is 13.0 Å². The number of carbonyl (C=O) groups is 3. The van der Waals surface area contributed by atoms with Gasteiger partial charge in [-0.15, -0.1) is 0 Å². The van der Waals surface area contributed by atoms with Gasteiger partial charge >= 0.3 is 17.9 Å². The van der Waals surface area contributed by atoms with Gasteiger partial charge in [-0.2, -0.15) is 0 Å². The highest BCUT2D eigenvalue weighted by atomic mass is 16.7. The molecule has 0 unspecified atom stereocenters. The van der Waals surface area contributed by atoms with E-state index in [2.05, 4.69) is 6.58 Å². The van der Waals surface area contributed by atoms with E-state index in [1.54, 1.807) is 13.8 Å². The van der Waals surface area contributed by atoms with Crippen molar-refractivity contribution in [2.45, 2.75) is 75.3 Å². The Morgan fingerprint density at radius 1 is 1.26 bits per heavy atom. The maximum atomic E-state index is 12.7. The molecule has 3 heterocycles. The lowest BCUT2D eigenvalue weighted by atomic mass is 9.74. The molecule has 0 aromatic rings. The van der Waals surface area contributed by atoms with Crippen molar-refractivity contribution in [3.8, 4) is 0 Å². The fourth-order valence-electron chi connectivity index (χ4n) is 6.04. The Bertz CT molecular complexity index is 935. The third-order valence-electron chi connectivity index (χ3n) is 7.62. The minimum Gasteiger partial charge on any atom is -0.462 e. The molecule has 31 heavy (non-hydrogen) atoms. The van der Waals surface area contributed by atoms with Gasteiger partial charge in [-0.3, -0.25) is 4.79 Å². The van der Waals surface area contributed by atoms with Crippen LogP contribution < -0.4 is 0 Å². The molecular weight excluding hydrogens is 408 g/mol. The van der Waals surface area contributed by atoms with Crippen LogP contribution in [0.4, 0.5) is 0 Å². The first-order valence-electron chi connectivity index (χ1n) is 10.4. The van der Waals surface area contributed by atoms with E-state index >= 15 is 0 Å². The molecule has 0 aromatic heterocycles. The lowest BCUT2D eigenvalue weighted by Crippen LogP contribution is -2.53. The number of hydrogen-bond acceptors (Lipinski definition) is 9. The summed E-state index contributed by atoms with van der Waals surface area (Å²) >= 11 is 0. The predicted octanol–water partition coefficient (Wildman–Crippen LogP) is 0.585. The number of hydrogen-bond donors (Lipinski definition) is 1. The van der Waals surface area contributed by atoms with Gasteiger partial charge < -0.3 is 28.8 Å². The van der Waals surface area contributed by atoms with E-state index in [9.17, 15) is 19.5 Å². The highest BCUT2D eigenvalue weighted by Crippen LogP contribution is 2.75. The maximum absolute atomic E-state index is 12.7. The predicted molar refractivity (Wildman–Crippen MR) is 102 cm³/mol. The Kier molecular flexibility index (Phi) is 4.12. The van der Waals surface area contributed by atoms with Crippen molar-refractivity contribution < 1.29 is 43.2 Å². The number of ether oxygens (including phenoxy) is 5. The molecule has 168 valence electrons. The van der Waals surface area contributed by atoms with Gasteiger partial charge in [0.2, 0.25) is 0 Å². The molecule has 2 aliphatic carbocycles. The van der Waals surface area contributed by atoms with Gasteiger partial charge in [0, 0.05) is 24.5 Å². The second kappa shape index (κ2) is 6.17. The van der Waals surface area contributed by atoms with Gasteiger partial charge in [0.15, 0.2) is 0 Å². The number of rotatable bonds is 4. The lowest BCUT2D eigenvalue weighted by molar-refractivity contribution is -0.150. The molecular formula is C22H26O9. The summed E-state index contributed by atoms with van der Waals surface area (Å²) in [5.41, 5.74) is -2.37. The summed E-state index contributed by atoms with van der Waals surface area (Å²) in [6, 6.07) is 0. The van der Waals surface area contributed by atoms with Crippen LogP contribution in [-0.4, -0.2) is 70.8 Å². The molecule has 0 amide bonds. The van der Waals surface area contributed by atoms with Gasteiger partial charge in [0.1, 0.15) is 42.2 Å². The molecule has 1 N–H and O–H groups in total. The van der Waals surface area contributed by atoms with Gasteiger partial charge in [-0.1, -0.05) is 6.58 Å². The summed E-state index contributed by atoms with van der Waals surface area (Å²) < 4.78 is 28.2. The first kappa shape index (κ1) is 20.7. The van der Waals surface area contributed by atoms with Crippen LogP contribution in [0.5, 0.6) is 0 Å². The molecule has 5 rings (SSSR count). The largest absolute Gasteiger partial charge is 0.462 e. The van der Waals surface area contributed by atoms with Crippen LogP contribution in [0.15, 0.2) is 23.8 Å². The molecule has 1 spiro atoms. The van der Waals surface area contributed by atoms with Crippen LogP contribution in [0.2, 0.25) is 0 Å². The molecule has 9 heteroatoms. The average Bonchev–Trinajstić information content (AvgIpc) is 3.52. The monoisotopic (exact) mass is 434 g/mol. The molecule has 9 atom stereocenters. The summed E-state index contributed by atoms with van der Waals surface area (Å²) in [7, 11) is 0. The number of carbonyl (C=O) groups excluding carboxylic acids is 3. The first-order valence-corrected chi connectivity index (χ1v) is 10.4. The Hall–Kier alpha value is -2.23. The summed E-state index contributed by atoms with van der Waals surface area (Å²) in [6.07, 6.45) is -0.469. The molecule has 5 aliphatic rings. The van der Waals surface area contributed by atoms with Gasteiger partial charge in [-0.25, -0.2) is 9.59 Å². The maximum Gasteiger partial charge on any atom is 0.334 e. The van der Waals surface area contributed by atoms with Crippen LogP contribution in [0.3, 0.4) is 0 Å². The van der Waals surface area contributed by atoms with Crippen LogP contribution in [0.25, 0.3) is 0 Å². The first-order chi connectivity index (χ1) is 14.4. The third-order valence-corrected chi connectivity index (χ3v) is 7.62. The minimum absolute atomic E-state index is 0.0581. The quantitative estimate of drug-likeness (QED) is 0.293. The zero-order valence-electron chi connectivity index (χ0n) is 17.9. The van der Waals surface area contributed by atoms with E-state index in [0.29, 0.717) is 0 Å².